The SMILES string of the molecule is CC(C)(C)OC(=O)NC1CCN(c2ccc3ncc(-c4cn([C@H]5C[C@H](CNc6ccc7c(c6)C(=O)N(C6CCC(=O)NC6=O)C7=O)C5)nc4C4CC4)nc3c2)C1. The van der Waals surface area contributed by atoms with E-state index < -0.39 is 41.4 Å². The Morgan fingerprint density at radius 2 is 1.75 bits per heavy atom. The number of ether oxygens (including phenoxy) is 1. The van der Waals surface area contributed by atoms with E-state index >= 15 is 0 Å². The van der Waals surface area contributed by atoms with E-state index in [0.717, 1.165) is 82.9 Å². The molecule has 5 heterocycles. The summed E-state index contributed by atoms with van der Waals surface area (Å²) in [4.78, 5) is 75.8. The number of rotatable bonds is 9. The molecule has 15 heteroatoms. The Morgan fingerprint density at radius 1 is 0.946 bits per heavy atom. The molecule has 290 valence electrons. The summed E-state index contributed by atoms with van der Waals surface area (Å²) in [7, 11) is 0. The first-order valence-electron chi connectivity index (χ1n) is 19.6. The van der Waals surface area contributed by atoms with Gasteiger partial charge >= 0.3 is 6.09 Å². The van der Waals surface area contributed by atoms with Crippen molar-refractivity contribution in [3.63, 3.8) is 0 Å². The summed E-state index contributed by atoms with van der Waals surface area (Å²) in [6.45, 7) is 7.78. The number of fused-ring (bicyclic) bond motifs is 2. The van der Waals surface area contributed by atoms with Crippen molar-refractivity contribution in [2.75, 3.05) is 29.9 Å². The van der Waals surface area contributed by atoms with E-state index in [0.29, 0.717) is 24.9 Å². The fourth-order valence-corrected chi connectivity index (χ4v) is 8.29. The number of hydrogen-bond donors (Lipinski definition) is 3. The number of hydrogen-bond acceptors (Lipinski definition) is 11. The zero-order valence-electron chi connectivity index (χ0n) is 31.7. The lowest BCUT2D eigenvalue weighted by Gasteiger charge is -2.35. The number of nitrogens with one attached hydrogen (secondary N) is 3. The van der Waals surface area contributed by atoms with Gasteiger partial charge in [-0.05, 0) is 102 Å². The Labute approximate surface area is 323 Å². The van der Waals surface area contributed by atoms with Crippen molar-refractivity contribution in [1.29, 1.82) is 0 Å². The van der Waals surface area contributed by atoms with Crippen molar-refractivity contribution in [3.05, 3.63) is 65.6 Å². The lowest BCUT2D eigenvalue weighted by Crippen LogP contribution is -2.54. The fourth-order valence-electron chi connectivity index (χ4n) is 8.29. The molecule has 3 N–H and O–H groups in total. The summed E-state index contributed by atoms with van der Waals surface area (Å²) >= 11 is 0. The summed E-state index contributed by atoms with van der Waals surface area (Å²) in [6, 6.07) is 10.5. The molecular weight excluding hydrogens is 715 g/mol. The zero-order chi connectivity index (χ0) is 38.9. The maximum absolute atomic E-state index is 13.3. The second-order valence-electron chi connectivity index (χ2n) is 16.8. The van der Waals surface area contributed by atoms with Crippen LogP contribution in [-0.2, 0) is 14.3 Å². The van der Waals surface area contributed by atoms with Gasteiger partial charge in [-0.15, -0.1) is 0 Å². The van der Waals surface area contributed by atoms with Crippen LogP contribution in [0.25, 0.3) is 22.3 Å². The van der Waals surface area contributed by atoms with Gasteiger partial charge in [0, 0.05) is 55.1 Å². The molecule has 2 unspecified atom stereocenters. The van der Waals surface area contributed by atoms with Gasteiger partial charge in [-0.2, -0.15) is 5.10 Å². The van der Waals surface area contributed by atoms with E-state index in [2.05, 4.69) is 43.9 Å². The second-order valence-corrected chi connectivity index (χ2v) is 16.8. The average molecular weight is 760 g/mol. The van der Waals surface area contributed by atoms with Crippen LogP contribution in [0.2, 0.25) is 0 Å². The summed E-state index contributed by atoms with van der Waals surface area (Å²) in [5.41, 5.74) is 6.31. The third kappa shape index (κ3) is 6.94. The van der Waals surface area contributed by atoms with Gasteiger partial charge < -0.3 is 20.3 Å². The van der Waals surface area contributed by atoms with E-state index in [4.69, 9.17) is 19.8 Å². The molecule has 0 bridgehead atoms. The largest absolute Gasteiger partial charge is 0.444 e. The van der Waals surface area contributed by atoms with Crippen LogP contribution in [0, 0.1) is 5.92 Å². The molecule has 9 rings (SSSR count). The summed E-state index contributed by atoms with van der Waals surface area (Å²) < 4.78 is 7.56. The number of aromatic nitrogens is 4. The van der Waals surface area contributed by atoms with Crippen molar-refractivity contribution < 1.29 is 28.7 Å². The molecule has 0 radical (unpaired) electrons. The third-order valence-electron chi connectivity index (χ3n) is 11.4. The molecule has 2 saturated carbocycles. The van der Waals surface area contributed by atoms with Crippen molar-refractivity contribution in [2.45, 2.75) is 95.4 Å². The van der Waals surface area contributed by atoms with Gasteiger partial charge in [-0.25, -0.2) is 9.78 Å². The lowest BCUT2D eigenvalue weighted by atomic mass is 9.80. The number of nitrogens with zero attached hydrogens (tertiary/aromatic N) is 6. The Morgan fingerprint density at radius 3 is 2.52 bits per heavy atom. The normalized spacial score (nSPS) is 23.6. The van der Waals surface area contributed by atoms with Gasteiger partial charge in [0.05, 0.1) is 51.8 Å². The quantitative estimate of drug-likeness (QED) is 0.197. The number of alkyl carbamates (subject to hydrolysis) is 1. The maximum Gasteiger partial charge on any atom is 0.407 e. The van der Waals surface area contributed by atoms with Crippen molar-refractivity contribution in [1.82, 2.24) is 35.3 Å². The van der Waals surface area contributed by atoms with Crippen LogP contribution in [0.15, 0.2) is 48.8 Å². The van der Waals surface area contributed by atoms with Crippen molar-refractivity contribution >= 4 is 52.1 Å². The number of anilines is 2. The minimum atomic E-state index is -0.987. The Balaban J connectivity index is 0.835. The smallest absolute Gasteiger partial charge is 0.407 e. The molecule has 2 aromatic heterocycles. The summed E-state index contributed by atoms with van der Waals surface area (Å²) in [5, 5.41) is 13.8. The van der Waals surface area contributed by atoms with Crippen molar-refractivity contribution in [3.8, 4) is 11.3 Å². The predicted octanol–water partition coefficient (Wildman–Crippen LogP) is 4.94. The molecule has 5 amide bonds. The highest BCUT2D eigenvalue weighted by Gasteiger charge is 2.45. The number of piperidine rings is 1. The third-order valence-corrected chi connectivity index (χ3v) is 11.4. The Hall–Kier alpha value is -5.86. The average Bonchev–Trinajstić information content (AvgIpc) is 3.63. The number of amides is 5. The molecule has 2 atom stereocenters. The molecule has 2 aliphatic carbocycles. The molecule has 3 aliphatic heterocycles. The lowest BCUT2D eigenvalue weighted by molar-refractivity contribution is -0.136. The minimum absolute atomic E-state index is 0.00313. The molecule has 56 heavy (non-hydrogen) atoms. The van der Waals surface area contributed by atoms with Gasteiger partial charge in [0.1, 0.15) is 11.6 Å². The summed E-state index contributed by atoms with van der Waals surface area (Å²) in [6.07, 6.45) is 8.72. The Kier molecular flexibility index (Phi) is 8.77. The molecule has 4 aromatic rings. The number of imide groups is 2. The van der Waals surface area contributed by atoms with E-state index in [9.17, 15) is 24.0 Å². The van der Waals surface area contributed by atoms with Gasteiger partial charge in [-0.3, -0.25) is 39.1 Å². The minimum Gasteiger partial charge on any atom is -0.444 e. The molecular formula is C41H45N9O6. The number of carbonyl (C=O) groups is 5. The van der Waals surface area contributed by atoms with Crippen LogP contribution >= 0.6 is 0 Å². The van der Waals surface area contributed by atoms with Crippen LogP contribution < -0.4 is 20.9 Å². The Bertz CT molecular complexity index is 2290. The molecule has 15 nitrogen and oxygen atoms in total. The first kappa shape index (κ1) is 35.8. The molecule has 2 aromatic carbocycles. The van der Waals surface area contributed by atoms with E-state index in [-0.39, 0.29) is 36.1 Å². The van der Waals surface area contributed by atoms with Gasteiger partial charge in [0.25, 0.3) is 11.8 Å². The van der Waals surface area contributed by atoms with E-state index in [1.54, 1.807) is 18.2 Å². The fraction of sp³-hybridized carbons (Fsp3) is 0.463. The topological polar surface area (TPSA) is 181 Å². The maximum atomic E-state index is 13.3. The molecule has 0 spiro atoms. The highest BCUT2D eigenvalue weighted by atomic mass is 16.6. The van der Waals surface area contributed by atoms with Crippen LogP contribution in [0.1, 0.15) is 104 Å². The van der Waals surface area contributed by atoms with E-state index in [1.165, 1.54) is 0 Å². The standard InChI is InChI=1S/C41H45N9O6/c1-41(2,3)56-40(55)44-25-12-13-48(20-25)26-7-9-31-32(17-26)45-33(19-43-31)30-21-49(47-36(30)23-4-5-23)27-14-22(15-27)18-42-24-6-8-28-29(16-24)39(54)50(38(28)53)34-10-11-35(51)46-37(34)52/h6-9,16-17,19,21-23,25,27,34,42H,4-5,10-15,18,20H2,1-3H3,(H,44,55)(H,46,51,52)/t22-,25?,27-,34?. The highest BCUT2D eigenvalue weighted by Crippen LogP contribution is 2.46. The van der Waals surface area contributed by atoms with Gasteiger partial charge in [0.2, 0.25) is 11.8 Å². The molecule has 2 saturated heterocycles. The van der Waals surface area contributed by atoms with Gasteiger partial charge in [-0.1, -0.05) is 0 Å². The highest BCUT2D eigenvalue weighted by molar-refractivity contribution is 6.23. The van der Waals surface area contributed by atoms with Crippen LogP contribution in [0.3, 0.4) is 0 Å². The van der Waals surface area contributed by atoms with Gasteiger partial charge in [0.15, 0.2) is 0 Å². The summed E-state index contributed by atoms with van der Waals surface area (Å²) in [5.74, 6) is -1.23. The molecule has 5 aliphatic rings. The first-order valence-corrected chi connectivity index (χ1v) is 19.6. The van der Waals surface area contributed by atoms with Crippen LogP contribution in [0.5, 0.6) is 0 Å². The first-order chi connectivity index (χ1) is 26.9. The van der Waals surface area contributed by atoms with Crippen LogP contribution in [-0.4, -0.2) is 91.7 Å². The van der Waals surface area contributed by atoms with E-state index in [1.807, 2.05) is 33.0 Å². The predicted molar refractivity (Wildman–Crippen MR) is 206 cm³/mol. The second kappa shape index (κ2) is 13.7. The number of benzene rings is 2. The monoisotopic (exact) mass is 759 g/mol. The zero-order valence-corrected chi connectivity index (χ0v) is 31.7. The van der Waals surface area contributed by atoms with Crippen LogP contribution in [0.4, 0.5) is 16.2 Å². The number of carbonyl (C=O) groups excluding carboxylic acids is 5. The van der Waals surface area contributed by atoms with Crippen molar-refractivity contribution in [2.24, 2.45) is 5.92 Å². The molecule has 4 fully saturated rings.